The van der Waals surface area contributed by atoms with E-state index in [2.05, 4.69) is 4.72 Å². The van der Waals surface area contributed by atoms with Crippen LogP contribution in [0.25, 0.3) is 0 Å². The molecule has 0 radical (unpaired) electrons. The Morgan fingerprint density at radius 3 is 2.00 bits per heavy atom. The summed E-state index contributed by atoms with van der Waals surface area (Å²) in [6.45, 7) is 4.84. The van der Waals surface area contributed by atoms with Gasteiger partial charge in [0.15, 0.2) is 5.71 Å². The number of methoxy groups -OCH3 is 2. The van der Waals surface area contributed by atoms with E-state index in [-0.39, 0.29) is 61.0 Å². The lowest BCUT2D eigenvalue weighted by Crippen LogP contribution is -2.35. The summed E-state index contributed by atoms with van der Waals surface area (Å²) < 4.78 is 143. The minimum absolute atomic E-state index is 0.00579. The number of carbonyl (C=O) groups is 1. The molecular formula is C42H58N3O15S4+. The molecule has 4 rings (SSSR count). The number of fused-ring (bicyclic) bond motifs is 2. The summed E-state index contributed by atoms with van der Waals surface area (Å²) in [5.74, 6) is -1.78. The zero-order valence-corrected chi connectivity index (χ0v) is 39.5. The van der Waals surface area contributed by atoms with Gasteiger partial charge >= 0.3 is 5.97 Å². The van der Waals surface area contributed by atoms with Gasteiger partial charge in [-0.15, -0.1) is 0 Å². The molecule has 18 nitrogen and oxygen atoms in total. The first-order chi connectivity index (χ1) is 29.9. The molecule has 354 valence electrons. The molecule has 0 saturated heterocycles. The highest BCUT2D eigenvalue weighted by Gasteiger charge is 2.48. The average Bonchev–Trinajstić information content (AvgIpc) is 3.57. The van der Waals surface area contributed by atoms with Crippen LogP contribution >= 0.6 is 0 Å². The number of nitrogens with zero attached hydrogens (tertiary/aromatic N) is 2. The van der Waals surface area contributed by atoms with Crippen molar-refractivity contribution < 1.29 is 71.3 Å². The molecule has 0 amide bonds. The Morgan fingerprint density at radius 1 is 0.750 bits per heavy atom. The van der Waals surface area contributed by atoms with Crippen LogP contribution in [0.5, 0.6) is 0 Å². The Hall–Kier alpha value is -4.10. The van der Waals surface area contributed by atoms with Gasteiger partial charge in [-0.25, -0.2) is 13.1 Å². The van der Waals surface area contributed by atoms with Crippen LogP contribution in [-0.4, -0.2) is 127 Å². The van der Waals surface area contributed by atoms with Crippen LogP contribution < -0.4 is 9.62 Å². The first kappa shape index (κ1) is 52.5. The summed E-state index contributed by atoms with van der Waals surface area (Å²) in [5, 5.41) is 9.12. The van der Waals surface area contributed by atoms with E-state index in [1.165, 1.54) is 38.5 Å². The zero-order valence-electron chi connectivity index (χ0n) is 36.2. The third-order valence-corrected chi connectivity index (χ3v) is 15.2. The lowest BCUT2D eigenvalue weighted by molar-refractivity contribution is -0.438. The topological polar surface area (TPSA) is 271 Å². The second kappa shape index (κ2) is 21.9. The molecule has 0 saturated carbocycles. The highest BCUT2D eigenvalue weighted by atomic mass is 32.2. The Morgan fingerprint density at radius 2 is 1.38 bits per heavy atom. The number of nitrogens with one attached hydrogen (secondary N) is 1. The Kier molecular flexibility index (Phi) is 18.0. The molecule has 0 fully saturated rings. The number of carboxylic acids is 1. The second-order valence-electron chi connectivity index (χ2n) is 15.9. The van der Waals surface area contributed by atoms with E-state index >= 15 is 0 Å². The standard InChI is InChI=1S/C42H57N3O15S4/c1-41(21-13-28-62(50,51)52)34-30-32(63(53,54)55)17-19-36(34)44(24-12-8-11-16-40(46)47)38(41)14-9-6-5-7-10-15-39-42(2,22-29-61(48,49)43-23-26-59-3)35-31-33(64(56,57)58)18-20-37(35)45(39)25-27-60-4/h5-7,9-10,14-15,17-20,30-31,43H,8,11-13,16,21-29H2,1-4H3,(H3-,46,47,50,51,52,53,54,55,56,57,58)/p+1. The van der Waals surface area contributed by atoms with Crippen LogP contribution in [0.2, 0.25) is 0 Å². The van der Waals surface area contributed by atoms with Gasteiger partial charge in [0.2, 0.25) is 15.7 Å². The van der Waals surface area contributed by atoms with Gasteiger partial charge in [0, 0.05) is 74.7 Å². The summed E-state index contributed by atoms with van der Waals surface area (Å²) >= 11 is 0. The minimum Gasteiger partial charge on any atom is -0.481 e. The van der Waals surface area contributed by atoms with Gasteiger partial charge < -0.3 is 19.5 Å². The summed E-state index contributed by atoms with van der Waals surface area (Å²) in [6.07, 6.45) is 14.0. The first-order valence-electron chi connectivity index (χ1n) is 20.4. The van der Waals surface area contributed by atoms with Crippen molar-refractivity contribution in [1.29, 1.82) is 0 Å². The number of carboxylic acid groups (broad SMARTS) is 1. The van der Waals surface area contributed by atoms with Crippen LogP contribution in [0, 0.1) is 0 Å². The third-order valence-electron chi connectivity index (χ3n) is 11.3. The number of aliphatic carboxylic acids is 1. The van der Waals surface area contributed by atoms with Crippen molar-refractivity contribution in [3.05, 3.63) is 95.8 Å². The number of unbranched alkanes of at least 4 members (excludes halogenated alkanes) is 2. The van der Waals surface area contributed by atoms with Crippen LogP contribution in [0.3, 0.4) is 0 Å². The number of allylic oxidation sites excluding steroid dienone is 8. The number of anilines is 1. The second-order valence-corrected chi connectivity index (χ2v) is 22.2. The monoisotopic (exact) mass is 972 g/mol. The number of sulfonamides is 1. The lowest BCUT2D eigenvalue weighted by atomic mass is 9.76. The fourth-order valence-corrected chi connectivity index (χ4v) is 10.8. The molecule has 2 aliphatic heterocycles. The van der Waals surface area contributed by atoms with E-state index in [4.69, 9.17) is 14.6 Å². The summed E-state index contributed by atoms with van der Waals surface area (Å²) in [5.41, 5.74) is 1.49. The molecule has 22 heteroatoms. The van der Waals surface area contributed by atoms with E-state index < -0.39 is 62.9 Å². The number of hydrogen-bond donors (Lipinski definition) is 5. The Labute approximate surface area is 376 Å². The van der Waals surface area contributed by atoms with Gasteiger partial charge in [-0.1, -0.05) is 30.4 Å². The molecular weight excluding hydrogens is 915 g/mol. The van der Waals surface area contributed by atoms with E-state index in [9.17, 15) is 52.1 Å². The van der Waals surface area contributed by atoms with Gasteiger partial charge in [0.05, 0.1) is 39.9 Å². The zero-order chi connectivity index (χ0) is 47.6. The molecule has 5 N–H and O–H groups in total. The van der Waals surface area contributed by atoms with Crippen LogP contribution in [-0.2, 0) is 65.5 Å². The molecule has 0 bridgehead atoms. The van der Waals surface area contributed by atoms with E-state index in [1.807, 2.05) is 16.4 Å². The van der Waals surface area contributed by atoms with E-state index in [1.54, 1.807) is 61.6 Å². The molecule has 0 aliphatic carbocycles. The maximum Gasteiger partial charge on any atom is 0.303 e. The summed E-state index contributed by atoms with van der Waals surface area (Å²) in [6, 6.07) is 8.37. The van der Waals surface area contributed by atoms with Crippen molar-refractivity contribution in [2.24, 2.45) is 0 Å². The van der Waals surface area contributed by atoms with Gasteiger partial charge in [-0.2, -0.15) is 29.8 Å². The fourth-order valence-electron chi connectivity index (χ4n) is 8.10. The molecule has 2 unspecified atom stereocenters. The first-order valence-corrected chi connectivity index (χ1v) is 26.5. The van der Waals surface area contributed by atoms with Gasteiger partial charge in [0.25, 0.3) is 30.4 Å². The maximum atomic E-state index is 13.1. The van der Waals surface area contributed by atoms with E-state index in [0.717, 1.165) is 0 Å². The van der Waals surface area contributed by atoms with Crippen LogP contribution in [0.4, 0.5) is 11.4 Å². The average molecular weight is 973 g/mol. The van der Waals surface area contributed by atoms with Crippen molar-refractivity contribution >= 4 is 63.4 Å². The molecule has 0 aromatic heterocycles. The van der Waals surface area contributed by atoms with Crippen LogP contribution in [0.15, 0.2) is 94.4 Å². The quantitative estimate of drug-likeness (QED) is 0.0367. The Balaban J connectivity index is 1.74. The minimum atomic E-state index is -4.61. The fraction of sp³-hybridized carbons (Fsp3) is 0.476. The van der Waals surface area contributed by atoms with E-state index in [0.29, 0.717) is 66.3 Å². The molecule has 64 heavy (non-hydrogen) atoms. The summed E-state index contributed by atoms with van der Waals surface area (Å²) in [7, 11) is -14.4. The predicted octanol–water partition coefficient (Wildman–Crippen LogP) is 4.78. The van der Waals surface area contributed by atoms with Crippen molar-refractivity contribution in [3.63, 3.8) is 0 Å². The molecule has 2 aromatic rings. The molecule has 0 spiro atoms. The number of ether oxygens (including phenoxy) is 2. The molecule has 2 atom stereocenters. The third kappa shape index (κ3) is 13.7. The smallest absolute Gasteiger partial charge is 0.303 e. The van der Waals surface area contributed by atoms with Crippen LogP contribution in [0.1, 0.15) is 69.9 Å². The number of benzene rings is 2. The molecule has 2 aliphatic rings. The Bertz CT molecular complexity index is 2640. The lowest BCUT2D eigenvalue weighted by Gasteiger charge is -2.30. The van der Waals surface area contributed by atoms with Gasteiger partial charge in [0.1, 0.15) is 6.54 Å². The highest BCUT2D eigenvalue weighted by molar-refractivity contribution is 7.89. The summed E-state index contributed by atoms with van der Waals surface area (Å²) in [4.78, 5) is 12.3. The van der Waals surface area contributed by atoms with Crippen molar-refractivity contribution in [2.45, 2.75) is 79.4 Å². The van der Waals surface area contributed by atoms with Crippen molar-refractivity contribution in [3.8, 4) is 0 Å². The highest BCUT2D eigenvalue weighted by Crippen LogP contribution is 2.51. The van der Waals surface area contributed by atoms with Crippen molar-refractivity contribution in [2.75, 3.05) is 63.5 Å². The maximum absolute atomic E-state index is 13.1. The number of rotatable bonds is 26. The number of hydrogen-bond acceptors (Lipinski definition) is 12. The van der Waals surface area contributed by atoms with Crippen molar-refractivity contribution in [1.82, 2.24) is 4.72 Å². The van der Waals surface area contributed by atoms with Gasteiger partial charge in [-0.3, -0.25) is 18.5 Å². The SMILES string of the molecule is COCCNS(=O)(=O)CCC1(C)\C(=C/C=C/C=C/C=C/C2=[N+](CCCCCC(=O)O)c3ccc(S(=O)(=O)O)cc3C2(C)CCCS(=O)(=O)O)N(CCOC)c2ccc(S(=O)(=O)O)cc21. The largest absolute Gasteiger partial charge is 0.481 e. The predicted molar refractivity (Wildman–Crippen MR) is 242 cm³/mol. The van der Waals surface area contributed by atoms with Gasteiger partial charge in [-0.05, 0) is 87.9 Å². The normalized spacial score (nSPS) is 20.1. The molecule has 2 heterocycles. The molecule has 2 aromatic carbocycles.